The number of nitrogens with one attached hydrogen (secondary N) is 2. The van der Waals surface area contributed by atoms with Gasteiger partial charge in [0, 0.05) is 13.0 Å². The molecule has 0 saturated heterocycles. The summed E-state index contributed by atoms with van der Waals surface area (Å²) in [5, 5.41) is 13.4. The number of benzene rings is 1. The molecule has 0 aliphatic heterocycles. The lowest BCUT2D eigenvalue weighted by atomic mass is 10.1. The average Bonchev–Trinajstić information content (AvgIpc) is 2.56. The van der Waals surface area contributed by atoms with E-state index >= 15 is 0 Å². The molecule has 0 fully saturated rings. The highest BCUT2D eigenvalue weighted by atomic mass is 19.4. The monoisotopic (exact) mass is 375 g/mol. The molecule has 0 heterocycles. The number of nitrogens with two attached hydrogens (primary N) is 1. The summed E-state index contributed by atoms with van der Waals surface area (Å²) in [4.78, 5) is 34.0. The first-order chi connectivity index (χ1) is 12.0. The van der Waals surface area contributed by atoms with Crippen molar-refractivity contribution in [3.63, 3.8) is 0 Å². The van der Waals surface area contributed by atoms with E-state index in [1.807, 2.05) is 0 Å². The molecule has 26 heavy (non-hydrogen) atoms. The Morgan fingerprint density at radius 2 is 1.77 bits per heavy atom. The van der Waals surface area contributed by atoms with Crippen molar-refractivity contribution in [2.45, 2.75) is 44.6 Å². The molecule has 7 nitrogen and oxygen atoms in total. The van der Waals surface area contributed by atoms with E-state index in [1.165, 1.54) is 19.1 Å². The van der Waals surface area contributed by atoms with Gasteiger partial charge in [0.1, 0.15) is 6.04 Å². The van der Waals surface area contributed by atoms with Crippen LogP contribution in [0, 0.1) is 0 Å². The molecule has 1 aromatic rings. The molecular formula is C16H20F3N3O4. The smallest absolute Gasteiger partial charge is 0.416 e. The number of halogens is 3. The second-order valence-corrected chi connectivity index (χ2v) is 5.69. The number of aliphatic carboxylic acids is 1. The standard InChI is InChI=1S/C16H20F3N3O4/c1-9(15(25)26)22-13(23)7-6-12(20)14(24)21-8-10-2-4-11(5-3-10)16(17,18)19/h2-5,9,12H,6-8,20H2,1H3,(H,21,24)(H,22,23)(H,25,26)/t9-,12+/m1/s1. The fraction of sp³-hybridized carbons (Fsp3) is 0.438. The fourth-order valence-corrected chi connectivity index (χ4v) is 1.92. The van der Waals surface area contributed by atoms with Crippen molar-refractivity contribution >= 4 is 17.8 Å². The average molecular weight is 375 g/mol. The van der Waals surface area contributed by atoms with Gasteiger partial charge < -0.3 is 21.5 Å². The minimum absolute atomic E-state index is 0.00296. The van der Waals surface area contributed by atoms with Crippen LogP contribution in [0.1, 0.15) is 30.9 Å². The number of hydrogen-bond donors (Lipinski definition) is 4. The Hall–Kier alpha value is -2.62. The summed E-state index contributed by atoms with van der Waals surface area (Å²) in [6, 6.07) is 2.26. The third kappa shape index (κ3) is 7.09. The minimum Gasteiger partial charge on any atom is -0.480 e. The molecule has 5 N–H and O–H groups in total. The number of carboxylic acid groups (broad SMARTS) is 1. The van der Waals surface area contributed by atoms with E-state index < -0.39 is 41.6 Å². The van der Waals surface area contributed by atoms with Gasteiger partial charge in [0.25, 0.3) is 0 Å². The van der Waals surface area contributed by atoms with Gasteiger partial charge in [-0.3, -0.25) is 14.4 Å². The van der Waals surface area contributed by atoms with Gasteiger partial charge in [-0.1, -0.05) is 12.1 Å². The zero-order chi connectivity index (χ0) is 19.9. The van der Waals surface area contributed by atoms with Crippen LogP contribution in [0.25, 0.3) is 0 Å². The number of carboxylic acids is 1. The Labute approximate surface area is 147 Å². The molecule has 0 radical (unpaired) electrons. The molecule has 1 rings (SSSR count). The molecule has 10 heteroatoms. The first-order valence-electron chi connectivity index (χ1n) is 7.72. The minimum atomic E-state index is -4.43. The largest absolute Gasteiger partial charge is 0.480 e. The summed E-state index contributed by atoms with van der Waals surface area (Å²) in [6.45, 7) is 1.30. The summed E-state index contributed by atoms with van der Waals surface area (Å²) >= 11 is 0. The van der Waals surface area contributed by atoms with Crippen LogP contribution in [0.2, 0.25) is 0 Å². The molecule has 144 valence electrons. The first-order valence-corrected chi connectivity index (χ1v) is 7.72. The Bertz CT molecular complexity index is 647. The third-order valence-electron chi connectivity index (χ3n) is 3.52. The topological polar surface area (TPSA) is 122 Å². The molecule has 0 spiro atoms. The van der Waals surface area contributed by atoms with Gasteiger partial charge in [0.2, 0.25) is 11.8 Å². The van der Waals surface area contributed by atoms with Crippen LogP contribution in [-0.4, -0.2) is 35.0 Å². The molecule has 0 bridgehead atoms. The number of alkyl halides is 3. The van der Waals surface area contributed by atoms with E-state index in [4.69, 9.17) is 10.8 Å². The van der Waals surface area contributed by atoms with E-state index in [2.05, 4.69) is 10.6 Å². The lowest BCUT2D eigenvalue weighted by Crippen LogP contribution is -2.42. The summed E-state index contributed by atoms with van der Waals surface area (Å²) in [7, 11) is 0. The van der Waals surface area contributed by atoms with Gasteiger partial charge in [0.05, 0.1) is 11.6 Å². The number of carbonyl (C=O) groups excluding carboxylic acids is 2. The zero-order valence-corrected chi connectivity index (χ0v) is 14.0. The number of hydrogen-bond acceptors (Lipinski definition) is 4. The predicted molar refractivity (Wildman–Crippen MR) is 85.7 cm³/mol. The lowest BCUT2D eigenvalue weighted by Gasteiger charge is -2.14. The van der Waals surface area contributed by atoms with Crippen LogP contribution in [0.3, 0.4) is 0 Å². The zero-order valence-electron chi connectivity index (χ0n) is 14.0. The Kier molecular flexibility index (Phi) is 7.56. The second-order valence-electron chi connectivity index (χ2n) is 5.69. The summed E-state index contributed by atoms with van der Waals surface area (Å²) in [5.74, 6) is -2.30. The Balaban J connectivity index is 2.40. The Morgan fingerprint density at radius 1 is 1.19 bits per heavy atom. The third-order valence-corrected chi connectivity index (χ3v) is 3.52. The van der Waals surface area contributed by atoms with Gasteiger partial charge in [-0.25, -0.2) is 0 Å². The van der Waals surface area contributed by atoms with Crippen molar-refractivity contribution < 1.29 is 32.7 Å². The van der Waals surface area contributed by atoms with E-state index in [1.54, 1.807) is 0 Å². The van der Waals surface area contributed by atoms with Gasteiger partial charge in [-0.2, -0.15) is 13.2 Å². The van der Waals surface area contributed by atoms with E-state index in [0.29, 0.717) is 5.56 Å². The maximum Gasteiger partial charge on any atom is 0.416 e. The van der Waals surface area contributed by atoms with Gasteiger partial charge in [0.15, 0.2) is 0 Å². The van der Waals surface area contributed by atoms with Crippen molar-refractivity contribution in [2.75, 3.05) is 0 Å². The highest BCUT2D eigenvalue weighted by Crippen LogP contribution is 2.29. The van der Waals surface area contributed by atoms with Crippen LogP contribution in [0.15, 0.2) is 24.3 Å². The summed E-state index contributed by atoms with van der Waals surface area (Å²) < 4.78 is 37.4. The van der Waals surface area contributed by atoms with Crippen molar-refractivity contribution in [3.8, 4) is 0 Å². The highest BCUT2D eigenvalue weighted by molar-refractivity contribution is 5.85. The molecule has 2 amide bonds. The molecule has 0 aromatic heterocycles. The van der Waals surface area contributed by atoms with Crippen LogP contribution >= 0.6 is 0 Å². The molecule has 0 aliphatic carbocycles. The second kappa shape index (κ2) is 9.18. The van der Waals surface area contributed by atoms with Crippen LogP contribution in [0.5, 0.6) is 0 Å². The van der Waals surface area contributed by atoms with Gasteiger partial charge in [-0.05, 0) is 31.0 Å². The number of rotatable bonds is 8. The van der Waals surface area contributed by atoms with E-state index in [0.717, 1.165) is 12.1 Å². The van der Waals surface area contributed by atoms with Crippen LogP contribution in [-0.2, 0) is 27.1 Å². The van der Waals surface area contributed by atoms with Crippen molar-refractivity contribution in [3.05, 3.63) is 35.4 Å². The van der Waals surface area contributed by atoms with Gasteiger partial charge >= 0.3 is 12.1 Å². The lowest BCUT2D eigenvalue weighted by molar-refractivity contribution is -0.141. The van der Waals surface area contributed by atoms with Crippen molar-refractivity contribution in [1.29, 1.82) is 0 Å². The normalized spacial score (nSPS) is 13.6. The molecule has 0 aliphatic rings. The van der Waals surface area contributed by atoms with Gasteiger partial charge in [-0.15, -0.1) is 0 Å². The number of amides is 2. The SMILES string of the molecule is C[C@@H](NC(=O)CC[C@H](N)C(=O)NCc1ccc(C(F)(F)F)cc1)C(=O)O. The molecule has 0 unspecified atom stereocenters. The molecule has 2 atom stereocenters. The van der Waals surface area contributed by atoms with E-state index in [-0.39, 0.29) is 19.4 Å². The quantitative estimate of drug-likeness (QED) is 0.540. The first kappa shape index (κ1) is 21.4. The van der Waals surface area contributed by atoms with Crippen molar-refractivity contribution in [2.24, 2.45) is 5.73 Å². The highest BCUT2D eigenvalue weighted by Gasteiger charge is 2.29. The fourth-order valence-electron chi connectivity index (χ4n) is 1.92. The maximum absolute atomic E-state index is 12.5. The van der Waals surface area contributed by atoms with Crippen molar-refractivity contribution in [1.82, 2.24) is 10.6 Å². The summed E-state index contributed by atoms with van der Waals surface area (Å²) in [6.07, 6.45) is -4.56. The predicted octanol–water partition coefficient (Wildman–Crippen LogP) is 1.02. The molecule has 1 aromatic carbocycles. The van der Waals surface area contributed by atoms with E-state index in [9.17, 15) is 27.6 Å². The Morgan fingerprint density at radius 3 is 2.27 bits per heavy atom. The van der Waals surface area contributed by atoms with Crippen LogP contribution < -0.4 is 16.4 Å². The number of carbonyl (C=O) groups is 3. The van der Waals surface area contributed by atoms with Crippen LogP contribution in [0.4, 0.5) is 13.2 Å². The summed E-state index contributed by atoms with van der Waals surface area (Å²) in [5.41, 5.74) is 5.32. The molecular weight excluding hydrogens is 355 g/mol. The molecule has 0 saturated carbocycles. The maximum atomic E-state index is 12.5.